The first kappa shape index (κ1) is 15.6. The van der Waals surface area contributed by atoms with Crippen LogP contribution in [0.4, 0.5) is 4.39 Å². The summed E-state index contributed by atoms with van der Waals surface area (Å²) >= 11 is 1.39. The highest BCUT2D eigenvalue weighted by Crippen LogP contribution is 2.26. The van der Waals surface area contributed by atoms with Crippen LogP contribution in [0.2, 0.25) is 0 Å². The fraction of sp³-hybridized carbons (Fsp3) is 0.188. The molecule has 0 bridgehead atoms. The van der Waals surface area contributed by atoms with E-state index in [1.54, 1.807) is 24.5 Å². The second-order valence-corrected chi connectivity index (χ2v) is 5.97. The van der Waals surface area contributed by atoms with Crippen LogP contribution in [-0.4, -0.2) is 30.6 Å². The minimum Gasteiger partial charge on any atom is -0.388 e. The number of rotatable bonds is 5. The largest absolute Gasteiger partial charge is 0.388 e. The number of pyridine rings is 1. The molecule has 0 radical (unpaired) electrons. The molecule has 5 nitrogen and oxygen atoms in total. The summed E-state index contributed by atoms with van der Waals surface area (Å²) in [5.41, 5.74) is 1.56. The summed E-state index contributed by atoms with van der Waals surface area (Å²) in [6.07, 6.45) is 2.74. The van der Waals surface area contributed by atoms with Crippen molar-refractivity contribution in [2.75, 3.05) is 5.75 Å². The molecular weight excluding hydrogens is 315 g/mol. The summed E-state index contributed by atoms with van der Waals surface area (Å²) < 4.78 is 14.8. The molecule has 0 unspecified atom stereocenters. The number of benzene rings is 1. The molecule has 7 heteroatoms. The van der Waals surface area contributed by atoms with Crippen LogP contribution in [0.1, 0.15) is 11.7 Å². The van der Waals surface area contributed by atoms with Crippen molar-refractivity contribution in [3.05, 3.63) is 60.2 Å². The van der Waals surface area contributed by atoms with Gasteiger partial charge < -0.3 is 9.67 Å². The van der Waals surface area contributed by atoms with E-state index in [2.05, 4.69) is 15.2 Å². The average Bonchev–Trinajstić information content (AvgIpc) is 2.95. The van der Waals surface area contributed by atoms with Crippen LogP contribution >= 0.6 is 11.8 Å². The Hall–Kier alpha value is -2.25. The summed E-state index contributed by atoms with van der Waals surface area (Å²) in [4.78, 5) is 4.07. The average molecular weight is 330 g/mol. The van der Waals surface area contributed by atoms with Gasteiger partial charge in [0.2, 0.25) is 0 Å². The van der Waals surface area contributed by atoms with E-state index in [4.69, 9.17) is 0 Å². The smallest absolute Gasteiger partial charge is 0.191 e. The molecule has 0 saturated heterocycles. The number of aliphatic hydroxyl groups is 1. The molecule has 23 heavy (non-hydrogen) atoms. The van der Waals surface area contributed by atoms with Crippen molar-refractivity contribution in [3.8, 4) is 11.4 Å². The van der Waals surface area contributed by atoms with E-state index in [1.165, 1.54) is 23.9 Å². The number of hydrogen-bond donors (Lipinski definition) is 1. The number of hydrogen-bond acceptors (Lipinski definition) is 5. The molecule has 0 aliphatic rings. The Kier molecular flexibility index (Phi) is 4.68. The molecule has 0 fully saturated rings. The zero-order valence-corrected chi connectivity index (χ0v) is 13.2. The van der Waals surface area contributed by atoms with Crippen molar-refractivity contribution >= 4 is 11.8 Å². The van der Waals surface area contributed by atoms with Gasteiger partial charge in [-0.25, -0.2) is 4.39 Å². The van der Waals surface area contributed by atoms with Crippen LogP contribution in [0.5, 0.6) is 0 Å². The SMILES string of the molecule is Cn1c(SC[C@H](O)c2ccc(F)cc2)nnc1-c1cccnc1. The molecule has 0 saturated carbocycles. The van der Waals surface area contributed by atoms with Gasteiger partial charge in [-0.15, -0.1) is 10.2 Å². The molecule has 0 aliphatic carbocycles. The van der Waals surface area contributed by atoms with Crippen LogP contribution < -0.4 is 0 Å². The minimum absolute atomic E-state index is 0.317. The number of aromatic nitrogens is 4. The van der Waals surface area contributed by atoms with E-state index < -0.39 is 6.10 Å². The molecule has 2 aromatic heterocycles. The lowest BCUT2D eigenvalue weighted by Crippen LogP contribution is -2.02. The number of thioether (sulfide) groups is 1. The van der Waals surface area contributed by atoms with Gasteiger partial charge >= 0.3 is 0 Å². The molecule has 1 N–H and O–H groups in total. The first-order chi connectivity index (χ1) is 11.1. The van der Waals surface area contributed by atoms with Crippen LogP contribution in [0.25, 0.3) is 11.4 Å². The zero-order valence-electron chi connectivity index (χ0n) is 12.4. The van der Waals surface area contributed by atoms with Gasteiger partial charge in [0.1, 0.15) is 5.82 Å². The lowest BCUT2D eigenvalue weighted by Gasteiger charge is -2.10. The Balaban J connectivity index is 1.69. The Morgan fingerprint density at radius 3 is 2.70 bits per heavy atom. The first-order valence-electron chi connectivity index (χ1n) is 7.01. The standard InChI is InChI=1S/C16H15FN4OS/c1-21-15(12-3-2-8-18-9-12)19-20-16(21)23-10-14(22)11-4-6-13(17)7-5-11/h2-9,14,22H,10H2,1H3/t14-/m0/s1. The predicted molar refractivity (Wildman–Crippen MR) is 86.3 cm³/mol. The van der Waals surface area contributed by atoms with Gasteiger partial charge in [-0.05, 0) is 29.8 Å². The quantitative estimate of drug-likeness (QED) is 0.729. The van der Waals surface area contributed by atoms with Gasteiger partial charge in [0.25, 0.3) is 0 Å². The van der Waals surface area contributed by atoms with E-state index in [1.807, 2.05) is 23.7 Å². The predicted octanol–water partition coefficient (Wildman–Crippen LogP) is 2.84. The number of aliphatic hydroxyl groups excluding tert-OH is 1. The summed E-state index contributed by atoms with van der Waals surface area (Å²) in [5.74, 6) is 0.810. The van der Waals surface area contributed by atoms with Crippen molar-refractivity contribution < 1.29 is 9.50 Å². The Morgan fingerprint density at radius 2 is 2.00 bits per heavy atom. The molecule has 2 heterocycles. The molecule has 0 amide bonds. The molecule has 3 aromatic rings. The van der Waals surface area contributed by atoms with Gasteiger partial charge in [-0.3, -0.25) is 4.98 Å². The van der Waals surface area contributed by atoms with Crippen molar-refractivity contribution in [1.82, 2.24) is 19.7 Å². The van der Waals surface area contributed by atoms with E-state index in [-0.39, 0.29) is 5.82 Å². The zero-order chi connectivity index (χ0) is 16.2. The maximum absolute atomic E-state index is 12.9. The molecule has 0 aliphatic heterocycles. The highest BCUT2D eigenvalue weighted by molar-refractivity contribution is 7.99. The van der Waals surface area contributed by atoms with Crippen LogP contribution in [0.3, 0.4) is 0 Å². The van der Waals surface area contributed by atoms with Crippen molar-refractivity contribution in [3.63, 3.8) is 0 Å². The third-order valence-corrected chi connectivity index (χ3v) is 4.48. The van der Waals surface area contributed by atoms with Gasteiger partial charge in [-0.2, -0.15) is 0 Å². The lowest BCUT2D eigenvalue weighted by molar-refractivity contribution is 0.204. The first-order valence-corrected chi connectivity index (χ1v) is 8.00. The van der Waals surface area contributed by atoms with Gasteiger partial charge in [0.15, 0.2) is 11.0 Å². The van der Waals surface area contributed by atoms with Crippen molar-refractivity contribution in [2.24, 2.45) is 7.05 Å². The normalized spacial score (nSPS) is 12.3. The Morgan fingerprint density at radius 1 is 1.22 bits per heavy atom. The van der Waals surface area contributed by atoms with Gasteiger partial charge in [-0.1, -0.05) is 23.9 Å². The number of nitrogens with zero attached hydrogens (tertiary/aromatic N) is 4. The van der Waals surface area contributed by atoms with Crippen LogP contribution in [0.15, 0.2) is 53.9 Å². The maximum atomic E-state index is 12.9. The summed E-state index contributed by atoms with van der Waals surface area (Å²) in [7, 11) is 1.87. The van der Waals surface area contributed by atoms with Crippen LogP contribution in [-0.2, 0) is 7.05 Å². The summed E-state index contributed by atoms with van der Waals surface area (Å²) in [5, 5.41) is 19.2. The third-order valence-electron chi connectivity index (χ3n) is 3.38. The minimum atomic E-state index is -0.695. The number of halogens is 1. The van der Waals surface area contributed by atoms with E-state index in [0.717, 1.165) is 11.4 Å². The molecule has 0 spiro atoms. The van der Waals surface area contributed by atoms with Crippen LogP contribution in [0, 0.1) is 5.82 Å². The van der Waals surface area contributed by atoms with Crippen molar-refractivity contribution in [2.45, 2.75) is 11.3 Å². The van der Waals surface area contributed by atoms with Gasteiger partial charge in [0.05, 0.1) is 6.10 Å². The van der Waals surface area contributed by atoms with E-state index in [0.29, 0.717) is 16.5 Å². The van der Waals surface area contributed by atoms with Gasteiger partial charge in [0, 0.05) is 30.8 Å². The van der Waals surface area contributed by atoms with E-state index in [9.17, 15) is 9.50 Å². The fourth-order valence-corrected chi connectivity index (χ4v) is 3.00. The molecule has 118 valence electrons. The second-order valence-electron chi connectivity index (χ2n) is 4.99. The third kappa shape index (κ3) is 3.57. The highest BCUT2D eigenvalue weighted by Gasteiger charge is 2.14. The second kappa shape index (κ2) is 6.89. The summed E-state index contributed by atoms with van der Waals surface area (Å²) in [6, 6.07) is 9.60. The summed E-state index contributed by atoms with van der Waals surface area (Å²) in [6.45, 7) is 0. The molecule has 3 rings (SSSR count). The monoisotopic (exact) mass is 330 g/mol. The Labute approximate surface area is 137 Å². The molecule has 1 atom stereocenters. The lowest BCUT2D eigenvalue weighted by atomic mass is 10.1. The molecular formula is C16H15FN4OS. The Bertz CT molecular complexity index is 777. The van der Waals surface area contributed by atoms with E-state index >= 15 is 0 Å². The highest BCUT2D eigenvalue weighted by atomic mass is 32.2. The maximum Gasteiger partial charge on any atom is 0.191 e. The fourth-order valence-electron chi connectivity index (χ4n) is 2.12. The van der Waals surface area contributed by atoms with Crippen molar-refractivity contribution in [1.29, 1.82) is 0 Å². The topological polar surface area (TPSA) is 63.8 Å². The molecule has 1 aromatic carbocycles.